The number of nitrogens with zero attached hydrogens (tertiary/aromatic N) is 2. The van der Waals surface area contributed by atoms with E-state index in [1.54, 1.807) is 14.2 Å². The Morgan fingerprint density at radius 3 is 2.33 bits per heavy atom. The average Bonchev–Trinajstić information content (AvgIpc) is 3.05. The van der Waals surface area contributed by atoms with Gasteiger partial charge in [0, 0.05) is 12.0 Å². The summed E-state index contributed by atoms with van der Waals surface area (Å²) in [5.74, 6) is 1.56. The van der Waals surface area contributed by atoms with Crippen molar-refractivity contribution < 1.29 is 9.47 Å². The molecular formula is C19H21N3O2. The van der Waals surface area contributed by atoms with Gasteiger partial charge >= 0.3 is 0 Å². The first-order valence-corrected chi connectivity index (χ1v) is 7.84. The maximum atomic E-state index is 5.71. The fourth-order valence-electron chi connectivity index (χ4n) is 2.74. The zero-order valence-electron chi connectivity index (χ0n) is 13.9. The molecular weight excluding hydrogens is 302 g/mol. The molecule has 0 atom stereocenters. The molecule has 0 amide bonds. The molecule has 0 saturated heterocycles. The van der Waals surface area contributed by atoms with Gasteiger partial charge in [0.25, 0.3) is 0 Å². The molecule has 0 aliphatic rings. The van der Waals surface area contributed by atoms with E-state index in [9.17, 15) is 0 Å². The van der Waals surface area contributed by atoms with Gasteiger partial charge in [0.05, 0.1) is 25.6 Å². The topological polar surface area (TPSA) is 62.3 Å². The maximum Gasteiger partial charge on any atom is 0.144 e. The highest BCUT2D eigenvalue weighted by atomic mass is 16.5. The lowest BCUT2D eigenvalue weighted by Gasteiger charge is -2.13. The molecule has 0 bridgehead atoms. The predicted octanol–water partition coefficient (Wildman–Crippen LogP) is 3.06. The average molecular weight is 323 g/mol. The molecule has 0 spiro atoms. The molecule has 2 aromatic carbocycles. The van der Waals surface area contributed by atoms with Crippen molar-refractivity contribution in [3.8, 4) is 28.4 Å². The van der Waals surface area contributed by atoms with Crippen LogP contribution in [0.3, 0.4) is 0 Å². The third-order valence-corrected chi connectivity index (χ3v) is 3.86. The van der Waals surface area contributed by atoms with E-state index in [4.69, 9.17) is 20.3 Å². The number of rotatable bonds is 6. The van der Waals surface area contributed by atoms with Gasteiger partial charge in [-0.2, -0.15) is 5.10 Å². The van der Waals surface area contributed by atoms with E-state index in [2.05, 4.69) is 6.07 Å². The molecule has 5 nitrogen and oxygen atoms in total. The molecule has 1 aromatic heterocycles. The molecule has 3 aromatic rings. The number of benzene rings is 2. The van der Waals surface area contributed by atoms with E-state index in [1.807, 2.05) is 53.2 Å². The van der Waals surface area contributed by atoms with Crippen molar-refractivity contribution in [3.63, 3.8) is 0 Å². The molecule has 3 rings (SSSR count). The number of aromatic nitrogens is 2. The van der Waals surface area contributed by atoms with Crippen molar-refractivity contribution in [1.82, 2.24) is 9.78 Å². The quantitative estimate of drug-likeness (QED) is 0.757. The fourth-order valence-corrected chi connectivity index (χ4v) is 2.74. The van der Waals surface area contributed by atoms with E-state index >= 15 is 0 Å². The molecule has 0 aliphatic carbocycles. The molecule has 0 fully saturated rings. The molecule has 5 heteroatoms. The normalized spacial score (nSPS) is 10.6. The fraction of sp³-hybridized carbons (Fsp3) is 0.211. The summed E-state index contributed by atoms with van der Waals surface area (Å²) in [5, 5.41) is 4.73. The summed E-state index contributed by atoms with van der Waals surface area (Å²) in [6.07, 6.45) is 0.713. The minimum atomic E-state index is 0.550. The summed E-state index contributed by atoms with van der Waals surface area (Å²) in [5.41, 5.74) is 9.44. The van der Waals surface area contributed by atoms with Crippen LogP contribution in [-0.4, -0.2) is 30.5 Å². The van der Waals surface area contributed by atoms with Crippen LogP contribution in [0.5, 0.6) is 11.5 Å². The molecule has 124 valence electrons. The Balaban J connectivity index is 2.22. The Morgan fingerprint density at radius 2 is 1.62 bits per heavy atom. The standard InChI is InChI=1S/C19H21N3O2/c1-23-18-9-5-3-7-15(18)17-13-14(11-12-20)21-22(17)16-8-4-6-10-19(16)24-2/h3-10,13H,11-12,20H2,1-2H3. The van der Waals surface area contributed by atoms with Crippen LogP contribution in [0.25, 0.3) is 16.9 Å². The lowest BCUT2D eigenvalue weighted by Crippen LogP contribution is -2.05. The zero-order valence-corrected chi connectivity index (χ0v) is 13.9. The lowest BCUT2D eigenvalue weighted by atomic mass is 10.1. The van der Waals surface area contributed by atoms with Crippen LogP contribution in [0.2, 0.25) is 0 Å². The van der Waals surface area contributed by atoms with Gasteiger partial charge in [0.1, 0.15) is 17.2 Å². The molecule has 24 heavy (non-hydrogen) atoms. The van der Waals surface area contributed by atoms with Gasteiger partial charge < -0.3 is 15.2 Å². The maximum absolute atomic E-state index is 5.71. The van der Waals surface area contributed by atoms with E-state index in [-0.39, 0.29) is 0 Å². The molecule has 0 unspecified atom stereocenters. The monoisotopic (exact) mass is 323 g/mol. The van der Waals surface area contributed by atoms with Crippen molar-refractivity contribution >= 4 is 0 Å². The highest BCUT2D eigenvalue weighted by Crippen LogP contribution is 2.34. The number of methoxy groups -OCH3 is 2. The minimum Gasteiger partial charge on any atom is -0.496 e. The SMILES string of the molecule is COc1ccccc1-c1cc(CCN)nn1-c1ccccc1OC. The van der Waals surface area contributed by atoms with Crippen molar-refractivity contribution in [1.29, 1.82) is 0 Å². The van der Waals surface area contributed by atoms with E-state index in [0.717, 1.165) is 34.1 Å². The lowest BCUT2D eigenvalue weighted by molar-refractivity contribution is 0.411. The Kier molecular flexibility index (Phi) is 4.82. The van der Waals surface area contributed by atoms with Crippen molar-refractivity contribution in [3.05, 3.63) is 60.3 Å². The molecule has 0 aliphatic heterocycles. The summed E-state index contributed by atoms with van der Waals surface area (Å²) in [7, 11) is 3.33. The third-order valence-electron chi connectivity index (χ3n) is 3.86. The second-order valence-electron chi connectivity index (χ2n) is 5.34. The Labute approximate surface area is 141 Å². The third kappa shape index (κ3) is 2.98. The van der Waals surface area contributed by atoms with Crippen LogP contribution in [0.4, 0.5) is 0 Å². The van der Waals surface area contributed by atoms with Crippen LogP contribution >= 0.6 is 0 Å². The zero-order chi connectivity index (χ0) is 16.9. The number of nitrogens with two attached hydrogens (primary N) is 1. The highest BCUT2D eigenvalue weighted by molar-refractivity contribution is 5.70. The van der Waals surface area contributed by atoms with Gasteiger partial charge in [-0.3, -0.25) is 0 Å². The van der Waals surface area contributed by atoms with Crippen LogP contribution in [0, 0.1) is 0 Å². The van der Waals surface area contributed by atoms with Gasteiger partial charge in [-0.25, -0.2) is 4.68 Å². The van der Waals surface area contributed by atoms with Gasteiger partial charge in [0.15, 0.2) is 0 Å². The molecule has 2 N–H and O–H groups in total. The van der Waals surface area contributed by atoms with Gasteiger partial charge in [-0.1, -0.05) is 24.3 Å². The summed E-state index contributed by atoms with van der Waals surface area (Å²) in [6, 6.07) is 17.8. The van der Waals surface area contributed by atoms with Gasteiger partial charge in [0.2, 0.25) is 0 Å². The van der Waals surface area contributed by atoms with Crippen LogP contribution < -0.4 is 15.2 Å². The van der Waals surface area contributed by atoms with Gasteiger partial charge in [-0.15, -0.1) is 0 Å². The first kappa shape index (κ1) is 16.1. The van der Waals surface area contributed by atoms with E-state index in [0.29, 0.717) is 13.0 Å². The predicted molar refractivity (Wildman–Crippen MR) is 94.9 cm³/mol. The van der Waals surface area contributed by atoms with Crippen molar-refractivity contribution in [2.75, 3.05) is 20.8 Å². The van der Waals surface area contributed by atoms with Crippen LogP contribution in [0.1, 0.15) is 5.69 Å². The second-order valence-corrected chi connectivity index (χ2v) is 5.34. The summed E-state index contributed by atoms with van der Waals surface area (Å²) >= 11 is 0. The highest BCUT2D eigenvalue weighted by Gasteiger charge is 2.17. The van der Waals surface area contributed by atoms with E-state index < -0.39 is 0 Å². The summed E-state index contributed by atoms with van der Waals surface area (Å²) < 4.78 is 12.9. The number of hydrogen-bond donors (Lipinski definition) is 1. The second kappa shape index (κ2) is 7.19. The summed E-state index contributed by atoms with van der Waals surface area (Å²) in [4.78, 5) is 0. The largest absolute Gasteiger partial charge is 0.496 e. The number of hydrogen-bond acceptors (Lipinski definition) is 4. The Hall–Kier alpha value is -2.79. The first-order valence-electron chi connectivity index (χ1n) is 7.84. The molecule has 0 radical (unpaired) electrons. The minimum absolute atomic E-state index is 0.550. The van der Waals surface area contributed by atoms with Crippen molar-refractivity contribution in [2.24, 2.45) is 5.73 Å². The Morgan fingerprint density at radius 1 is 0.958 bits per heavy atom. The Bertz CT molecular complexity index is 762. The number of ether oxygens (including phenoxy) is 2. The summed E-state index contributed by atoms with van der Waals surface area (Å²) in [6.45, 7) is 0.550. The van der Waals surface area contributed by atoms with Gasteiger partial charge in [-0.05, 0) is 36.9 Å². The first-order chi connectivity index (χ1) is 11.8. The van der Waals surface area contributed by atoms with Crippen molar-refractivity contribution in [2.45, 2.75) is 6.42 Å². The smallest absolute Gasteiger partial charge is 0.144 e. The number of para-hydroxylation sites is 3. The van der Waals surface area contributed by atoms with Crippen LogP contribution in [0.15, 0.2) is 54.6 Å². The molecule has 1 heterocycles. The molecule has 0 saturated carbocycles. The van der Waals surface area contributed by atoms with E-state index in [1.165, 1.54) is 0 Å². The van der Waals surface area contributed by atoms with Crippen LogP contribution in [-0.2, 0) is 6.42 Å².